The van der Waals surface area contributed by atoms with Gasteiger partial charge in [-0.1, -0.05) is 0 Å². The molecule has 0 aromatic heterocycles. The molecule has 1 amide bonds. The van der Waals surface area contributed by atoms with E-state index in [1.165, 1.54) is 0 Å². The molecule has 1 aliphatic heterocycles. The van der Waals surface area contributed by atoms with E-state index in [0.29, 0.717) is 19.2 Å². The van der Waals surface area contributed by atoms with E-state index in [4.69, 9.17) is 10.5 Å². The van der Waals surface area contributed by atoms with Crippen molar-refractivity contribution in [3.8, 4) is 0 Å². The molecule has 0 bridgehead atoms. The summed E-state index contributed by atoms with van der Waals surface area (Å²) in [6.07, 6.45) is 1.95. The molecule has 1 saturated heterocycles. The minimum atomic E-state index is 0.0647. The molecule has 0 aromatic carbocycles. The summed E-state index contributed by atoms with van der Waals surface area (Å²) in [7, 11) is 1.64. The van der Waals surface area contributed by atoms with Gasteiger partial charge < -0.3 is 15.8 Å². The van der Waals surface area contributed by atoms with Crippen LogP contribution in [0.5, 0.6) is 0 Å². The molecule has 5 heteroatoms. The molecule has 3 unspecified atom stereocenters. The number of ether oxygens (including phenoxy) is 1. The van der Waals surface area contributed by atoms with Crippen LogP contribution >= 0.6 is 0 Å². The van der Waals surface area contributed by atoms with Gasteiger partial charge in [0.2, 0.25) is 5.91 Å². The Labute approximate surface area is 104 Å². The Morgan fingerprint density at radius 1 is 1.65 bits per heavy atom. The molecular formula is C12H25N3O2. The van der Waals surface area contributed by atoms with Crippen molar-refractivity contribution in [2.24, 2.45) is 5.73 Å². The van der Waals surface area contributed by atoms with Crippen LogP contribution < -0.4 is 11.1 Å². The molecular weight excluding hydrogens is 218 g/mol. The van der Waals surface area contributed by atoms with E-state index in [-0.39, 0.29) is 18.0 Å². The largest absolute Gasteiger partial charge is 0.383 e. The molecule has 1 rings (SSSR count). The van der Waals surface area contributed by atoms with Crippen LogP contribution in [0.2, 0.25) is 0 Å². The van der Waals surface area contributed by atoms with Gasteiger partial charge in [-0.05, 0) is 26.7 Å². The third kappa shape index (κ3) is 5.02. The van der Waals surface area contributed by atoms with E-state index in [1.54, 1.807) is 7.11 Å². The van der Waals surface area contributed by atoms with Crippen molar-refractivity contribution >= 4 is 5.91 Å². The van der Waals surface area contributed by atoms with Crippen LogP contribution in [0.1, 0.15) is 26.7 Å². The molecule has 100 valence electrons. The minimum Gasteiger partial charge on any atom is -0.383 e. The van der Waals surface area contributed by atoms with Gasteiger partial charge in [-0.2, -0.15) is 0 Å². The smallest absolute Gasteiger partial charge is 0.234 e. The Morgan fingerprint density at radius 3 is 2.94 bits per heavy atom. The fourth-order valence-corrected chi connectivity index (χ4v) is 2.29. The Hall–Kier alpha value is -0.650. The van der Waals surface area contributed by atoms with Gasteiger partial charge in [-0.15, -0.1) is 0 Å². The molecule has 0 spiro atoms. The number of hydrogen-bond acceptors (Lipinski definition) is 4. The van der Waals surface area contributed by atoms with E-state index in [0.717, 1.165) is 19.4 Å². The highest BCUT2D eigenvalue weighted by molar-refractivity contribution is 5.78. The van der Waals surface area contributed by atoms with Crippen molar-refractivity contribution in [1.29, 1.82) is 0 Å². The Balaban J connectivity index is 2.30. The van der Waals surface area contributed by atoms with Crippen LogP contribution in [0.3, 0.4) is 0 Å². The Morgan fingerprint density at radius 2 is 2.35 bits per heavy atom. The summed E-state index contributed by atoms with van der Waals surface area (Å²) in [5.74, 6) is 0.0665. The number of nitrogens with one attached hydrogen (secondary N) is 1. The second-order valence-electron chi connectivity index (χ2n) is 5.03. The van der Waals surface area contributed by atoms with E-state index in [9.17, 15) is 4.79 Å². The van der Waals surface area contributed by atoms with Gasteiger partial charge in [0.1, 0.15) is 0 Å². The zero-order chi connectivity index (χ0) is 12.8. The highest BCUT2D eigenvalue weighted by Gasteiger charge is 2.24. The van der Waals surface area contributed by atoms with Crippen molar-refractivity contribution in [3.05, 3.63) is 0 Å². The molecule has 0 aliphatic carbocycles. The third-order valence-corrected chi connectivity index (χ3v) is 3.23. The van der Waals surface area contributed by atoms with E-state index < -0.39 is 0 Å². The fraction of sp³-hybridized carbons (Fsp3) is 0.917. The van der Waals surface area contributed by atoms with Crippen molar-refractivity contribution in [1.82, 2.24) is 10.2 Å². The minimum absolute atomic E-state index is 0.0647. The van der Waals surface area contributed by atoms with Gasteiger partial charge in [-0.3, -0.25) is 9.69 Å². The van der Waals surface area contributed by atoms with E-state index >= 15 is 0 Å². The zero-order valence-corrected chi connectivity index (χ0v) is 11.1. The highest BCUT2D eigenvalue weighted by Crippen LogP contribution is 2.15. The number of carbonyl (C=O) groups excluding carboxylic acids is 1. The molecule has 3 atom stereocenters. The summed E-state index contributed by atoms with van der Waals surface area (Å²) < 4.78 is 4.98. The zero-order valence-electron chi connectivity index (χ0n) is 11.1. The molecule has 0 aromatic rings. The molecule has 5 nitrogen and oxygen atoms in total. The van der Waals surface area contributed by atoms with Gasteiger partial charge in [0.15, 0.2) is 0 Å². The van der Waals surface area contributed by atoms with Gasteiger partial charge in [0, 0.05) is 31.8 Å². The molecule has 1 heterocycles. The number of nitrogens with zero attached hydrogens (tertiary/aromatic N) is 1. The number of carbonyl (C=O) groups is 1. The van der Waals surface area contributed by atoms with Crippen LogP contribution in [0, 0.1) is 0 Å². The van der Waals surface area contributed by atoms with Gasteiger partial charge in [0.25, 0.3) is 0 Å². The lowest BCUT2D eigenvalue weighted by Crippen LogP contribution is -2.50. The predicted molar refractivity (Wildman–Crippen MR) is 67.7 cm³/mol. The highest BCUT2D eigenvalue weighted by atomic mass is 16.5. The summed E-state index contributed by atoms with van der Waals surface area (Å²) in [6, 6.07) is 0.744. The Kier molecular flexibility index (Phi) is 5.88. The van der Waals surface area contributed by atoms with Crippen molar-refractivity contribution in [2.75, 3.05) is 26.8 Å². The number of methoxy groups -OCH3 is 1. The van der Waals surface area contributed by atoms with Crippen LogP contribution in [-0.4, -0.2) is 55.7 Å². The number of piperidine rings is 1. The van der Waals surface area contributed by atoms with Crippen LogP contribution in [0.15, 0.2) is 0 Å². The average molecular weight is 243 g/mol. The average Bonchev–Trinajstić information content (AvgIpc) is 2.22. The molecule has 1 fully saturated rings. The maximum Gasteiger partial charge on any atom is 0.234 e. The summed E-state index contributed by atoms with van der Waals surface area (Å²) >= 11 is 0. The van der Waals surface area contributed by atoms with E-state index in [1.807, 2.05) is 6.92 Å². The molecule has 0 radical (unpaired) electrons. The fourth-order valence-electron chi connectivity index (χ4n) is 2.29. The van der Waals surface area contributed by atoms with E-state index in [2.05, 4.69) is 17.1 Å². The van der Waals surface area contributed by atoms with Crippen molar-refractivity contribution in [3.63, 3.8) is 0 Å². The summed E-state index contributed by atoms with van der Waals surface area (Å²) in [6.45, 7) is 5.99. The predicted octanol–water partition coefficient (Wildman–Crippen LogP) is -0.0509. The summed E-state index contributed by atoms with van der Waals surface area (Å²) in [4.78, 5) is 14.0. The lowest BCUT2D eigenvalue weighted by atomic mass is 9.99. The third-order valence-electron chi connectivity index (χ3n) is 3.23. The molecule has 3 N–H and O–H groups in total. The number of nitrogens with two attached hydrogens (primary N) is 1. The lowest BCUT2D eigenvalue weighted by molar-refractivity contribution is -0.124. The lowest BCUT2D eigenvalue weighted by Gasteiger charge is -2.35. The second kappa shape index (κ2) is 6.93. The van der Waals surface area contributed by atoms with Gasteiger partial charge in [-0.25, -0.2) is 0 Å². The van der Waals surface area contributed by atoms with Crippen LogP contribution in [0.4, 0.5) is 0 Å². The first-order valence-electron chi connectivity index (χ1n) is 6.30. The first-order valence-corrected chi connectivity index (χ1v) is 6.30. The number of hydrogen-bond donors (Lipinski definition) is 2. The monoisotopic (exact) mass is 243 g/mol. The maximum atomic E-state index is 11.8. The van der Waals surface area contributed by atoms with Gasteiger partial charge in [0.05, 0.1) is 13.2 Å². The first-order chi connectivity index (χ1) is 8.02. The Bertz CT molecular complexity index is 248. The normalized spacial score (nSPS) is 27.8. The number of rotatable bonds is 5. The SMILES string of the molecule is COCC(C)NC(=O)CN1CCC(N)CC1C. The standard InChI is InChI=1S/C12H25N3O2/c1-9(8-17-3)14-12(16)7-15-5-4-11(13)6-10(15)2/h9-11H,4-8,13H2,1-3H3,(H,14,16). The topological polar surface area (TPSA) is 67.6 Å². The number of amides is 1. The quantitative estimate of drug-likeness (QED) is 0.710. The van der Waals surface area contributed by atoms with Crippen LogP contribution in [-0.2, 0) is 9.53 Å². The first kappa shape index (κ1) is 14.4. The number of likely N-dealkylation sites (tertiary alicyclic amines) is 1. The molecule has 0 saturated carbocycles. The van der Waals surface area contributed by atoms with Crippen molar-refractivity contribution < 1.29 is 9.53 Å². The molecule has 17 heavy (non-hydrogen) atoms. The summed E-state index contributed by atoms with van der Waals surface area (Å²) in [5, 5.41) is 2.92. The maximum absolute atomic E-state index is 11.8. The van der Waals surface area contributed by atoms with Crippen LogP contribution in [0.25, 0.3) is 0 Å². The van der Waals surface area contributed by atoms with Crippen molar-refractivity contribution in [2.45, 2.75) is 44.8 Å². The van der Waals surface area contributed by atoms with Gasteiger partial charge >= 0.3 is 0 Å². The summed E-state index contributed by atoms with van der Waals surface area (Å²) in [5.41, 5.74) is 5.89. The molecule has 1 aliphatic rings. The second-order valence-corrected chi connectivity index (χ2v) is 5.03.